The summed E-state index contributed by atoms with van der Waals surface area (Å²) >= 11 is 8.28. The Balaban J connectivity index is 1.18. The summed E-state index contributed by atoms with van der Waals surface area (Å²) in [5, 5.41) is 16.9. The number of aliphatic hydroxyl groups excluding tert-OH is 1. The first-order valence-corrected chi connectivity index (χ1v) is 17.2. The van der Waals surface area contributed by atoms with Crippen molar-refractivity contribution in [3.8, 4) is 11.1 Å². The largest absolute Gasteiger partial charge is 0.449 e. The fraction of sp³-hybridized carbons (Fsp3) is 0.324. The molecule has 2 aliphatic rings. The molecular weight excluding hydrogens is 648 g/mol. The van der Waals surface area contributed by atoms with Crippen molar-refractivity contribution in [2.45, 2.75) is 67.8 Å². The number of hydrogen-bond acceptors (Lipinski definition) is 8. The van der Waals surface area contributed by atoms with Crippen LogP contribution in [0.4, 0.5) is 15.3 Å². The molecule has 3 N–H and O–H groups in total. The molecule has 9 nitrogen and oxygen atoms in total. The van der Waals surface area contributed by atoms with E-state index in [9.17, 15) is 14.7 Å². The number of carbonyl (C=O) groups excluding carboxylic acids is 2. The average molecular weight is 687 g/mol. The Bertz CT molecular complexity index is 1770. The predicted octanol–water partition coefficient (Wildman–Crippen LogP) is 7.52. The lowest BCUT2D eigenvalue weighted by Gasteiger charge is -2.23. The smallest absolute Gasteiger partial charge is 0.407 e. The van der Waals surface area contributed by atoms with Crippen molar-refractivity contribution in [3.63, 3.8) is 0 Å². The van der Waals surface area contributed by atoms with E-state index in [2.05, 4.69) is 44.8 Å². The van der Waals surface area contributed by atoms with Crippen LogP contribution in [-0.2, 0) is 22.6 Å². The summed E-state index contributed by atoms with van der Waals surface area (Å²) in [6.45, 7) is 6.98. The molecule has 11 heteroatoms. The third-order valence-electron chi connectivity index (χ3n) is 8.37. The van der Waals surface area contributed by atoms with E-state index in [1.165, 1.54) is 11.8 Å². The third kappa shape index (κ3) is 7.72. The van der Waals surface area contributed by atoms with E-state index in [1.54, 1.807) is 12.3 Å². The maximum Gasteiger partial charge on any atom is 0.407 e. The standard InChI is InChI=1S/C37H39ClN4O5S/c1-37(2,3)47-36(45)41-25-14-16-42(20-25)26-17-24(33(32(38)18-26)48-34-23(21-43)9-8-15-39-34)19-40-35(44)46-22-31-29-12-6-4-10-27(29)28-11-5-7-13-30(28)31/h4-13,15,17-18,25,31,43H,14,16,19-22H2,1-3H3,(H,40,44)(H,41,45). The number of aliphatic hydroxyl groups is 1. The van der Waals surface area contributed by atoms with Crippen LogP contribution in [0.1, 0.15) is 55.4 Å². The SMILES string of the molecule is CC(C)(C)OC(=O)NC1CCN(c2cc(Cl)c(Sc3ncccc3CO)c(CNC(=O)OCC3c4ccccc4-c4ccccc43)c2)C1. The molecule has 1 aromatic heterocycles. The molecule has 1 saturated heterocycles. The van der Waals surface area contributed by atoms with Crippen LogP contribution in [0.3, 0.4) is 0 Å². The number of nitrogens with zero attached hydrogens (tertiary/aromatic N) is 2. The molecule has 1 unspecified atom stereocenters. The van der Waals surface area contributed by atoms with Crippen LogP contribution in [0, 0.1) is 0 Å². The number of nitrogens with one attached hydrogen (secondary N) is 2. The molecule has 1 aliphatic heterocycles. The van der Waals surface area contributed by atoms with Crippen LogP contribution in [0.2, 0.25) is 5.02 Å². The van der Waals surface area contributed by atoms with Crippen molar-refractivity contribution >= 4 is 41.2 Å². The molecule has 1 fully saturated rings. The van der Waals surface area contributed by atoms with Gasteiger partial charge >= 0.3 is 12.2 Å². The molecule has 250 valence electrons. The minimum atomic E-state index is -0.581. The molecule has 1 aliphatic carbocycles. The third-order valence-corrected chi connectivity index (χ3v) is 10.0. The first-order valence-electron chi connectivity index (χ1n) is 16.0. The Morgan fingerprint density at radius 2 is 1.71 bits per heavy atom. The minimum absolute atomic E-state index is 0.0505. The summed E-state index contributed by atoms with van der Waals surface area (Å²) in [5.74, 6) is -0.0505. The number of anilines is 1. The highest BCUT2D eigenvalue weighted by Gasteiger charge is 2.30. The summed E-state index contributed by atoms with van der Waals surface area (Å²) in [5.41, 5.74) is 6.35. The average Bonchev–Trinajstić information content (AvgIpc) is 3.65. The Labute approximate surface area is 290 Å². The lowest BCUT2D eigenvalue weighted by Crippen LogP contribution is -2.40. The molecule has 1 atom stereocenters. The molecule has 0 saturated carbocycles. The maximum absolute atomic E-state index is 13.2. The molecule has 2 heterocycles. The number of aromatic nitrogens is 1. The molecule has 0 spiro atoms. The van der Waals surface area contributed by atoms with Crippen molar-refractivity contribution in [1.82, 2.24) is 15.6 Å². The minimum Gasteiger partial charge on any atom is -0.449 e. The molecule has 0 radical (unpaired) electrons. The van der Waals surface area contributed by atoms with E-state index in [-0.39, 0.29) is 31.7 Å². The zero-order valence-corrected chi connectivity index (χ0v) is 28.7. The quantitative estimate of drug-likeness (QED) is 0.166. The Morgan fingerprint density at radius 1 is 1.00 bits per heavy atom. The van der Waals surface area contributed by atoms with Gasteiger partial charge in [-0.3, -0.25) is 0 Å². The van der Waals surface area contributed by atoms with Crippen molar-refractivity contribution in [2.75, 3.05) is 24.6 Å². The molecule has 3 aromatic carbocycles. The number of fused-ring (bicyclic) bond motifs is 3. The number of hydrogen-bond donors (Lipinski definition) is 3. The van der Waals surface area contributed by atoms with Crippen molar-refractivity contribution in [2.24, 2.45) is 0 Å². The second-order valence-electron chi connectivity index (χ2n) is 12.9. The van der Waals surface area contributed by atoms with E-state index in [0.717, 1.165) is 44.8 Å². The van der Waals surface area contributed by atoms with Crippen LogP contribution in [0.5, 0.6) is 0 Å². The van der Waals surface area contributed by atoms with Gasteiger partial charge in [0.1, 0.15) is 17.2 Å². The van der Waals surface area contributed by atoms with Crippen LogP contribution in [0.15, 0.2) is 88.9 Å². The number of pyridine rings is 1. The summed E-state index contributed by atoms with van der Waals surface area (Å²) in [7, 11) is 0. The summed E-state index contributed by atoms with van der Waals surface area (Å²) < 4.78 is 11.2. The topological polar surface area (TPSA) is 113 Å². The van der Waals surface area contributed by atoms with Gasteiger partial charge in [-0.15, -0.1) is 0 Å². The van der Waals surface area contributed by atoms with Crippen molar-refractivity contribution in [3.05, 3.63) is 106 Å². The number of halogens is 1. The number of alkyl carbamates (subject to hydrolysis) is 2. The van der Waals surface area contributed by atoms with Gasteiger partial charge in [0.25, 0.3) is 0 Å². The normalized spacial score (nSPS) is 15.5. The number of benzene rings is 3. The van der Waals surface area contributed by atoms with Gasteiger partial charge in [0.15, 0.2) is 0 Å². The van der Waals surface area contributed by atoms with E-state index in [1.807, 2.05) is 63.2 Å². The van der Waals surface area contributed by atoms with Gasteiger partial charge in [0, 0.05) is 47.9 Å². The molecule has 48 heavy (non-hydrogen) atoms. The predicted molar refractivity (Wildman–Crippen MR) is 188 cm³/mol. The summed E-state index contributed by atoms with van der Waals surface area (Å²) in [6, 6.07) is 23.8. The first kappa shape index (κ1) is 33.6. The monoisotopic (exact) mass is 686 g/mol. The Kier molecular flexibility index (Phi) is 10.1. The summed E-state index contributed by atoms with van der Waals surface area (Å²) in [6.07, 6.45) is 1.43. The van der Waals surface area contributed by atoms with Crippen LogP contribution >= 0.6 is 23.4 Å². The maximum atomic E-state index is 13.2. The fourth-order valence-corrected chi connectivity index (χ4v) is 7.54. The highest BCUT2D eigenvalue weighted by atomic mass is 35.5. The van der Waals surface area contributed by atoms with Crippen LogP contribution in [-0.4, -0.2) is 53.6 Å². The molecular formula is C37H39ClN4O5S. The molecule has 0 bridgehead atoms. The number of carbonyl (C=O) groups is 2. The van der Waals surface area contributed by atoms with E-state index >= 15 is 0 Å². The zero-order chi connectivity index (χ0) is 33.8. The second-order valence-corrected chi connectivity index (χ2v) is 14.3. The van der Waals surface area contributed by atoms with Crippen LogP contribution in [0.25, 0.3) is 11.1 Å². The first-order chi connectivity index (χ1) is 23.1. The Morgan fingerprint density at radius 3 is 2.40 bits per heavy atom. The van der Waals surface area contributed by atoms with Crippen molar-refractivity contribution in [1.29, 1.82) is 0 Å². The van der Waals surface area contributed by atoms with Gasteiger partial charge in [-0.1, -0.05) is 78.0 Å². The molecule has 4 aromatic rings. The van der Waals surface area contributed by atoms with Gasteiger partial charge in [-0.05, 0) is 73.2 Å². The van der Waals surface area contributed by atoms with Crippen LogP contribution < -0.4 is 15.5 Å². The summed E-state index contributed by atoms with van der Waals surface area (Å²) in [4.78, 5) is 32.9. The van der Waals surface area contributed by atoms with E-state index < -0.39 is 17.8 Å². The van der Waals surface area contributed by atoms with Gasteiger partial charge in [0.05, 0.1) is 17.7 Å². The molecule has 6 rings (SSSR count). The lowest BCUT2D eigenvalue weighted by atomic mass is 9.98. The number of ether oxygens (including phenoxy) is 2. The zero-order valence-electron chi connectivity index (χ0n) is 27.2. The lowest BCUT2D eigenvalue weighted by molar-refractivity contribution is 0.0509. The van der Waals surface area contributed by atoms with Gasteiger partial charge in [-0.25, -0.2) is 14.6 Å². The highest BCUT2D eigenvalue weighted by molar-refractivity contribution is 7.99. The highest BCUT2D eigenvalue weighted by Crippen LogP contribution is 2.44. The molecule has 2 amide bonds. The number of amides is 2. The Hall–Kier alpha value is -4.25. The van der Waals surface area contributed by atoms with E-state index in [0.29, 0.717) is 28.7 Å². The van der Waals surface area contributed by atoms with E-state index in [4.69, 9.17) is 21.1 Å². The van der Waals surface area contributed by atoms with Gasteiger partial charge < -0.3 is 30.1 Å². The fourth-order valence-electron chi connectivity index (χ4n) is 6.20. The number of rotatable bonds is 9. The second kappa shape index (κ2) is 14.5. The van der Waals surface area contributed by atoms with Crippen molar-refractivity contribution < 1.29 is 24.2 Å². The van der Waals surface area contributed by atoms with Gasteiger partial charge in [0.2, 0.25) is 0 Å². The van der Waals surface area contributed by atoms with Gasteiger partial charge in [-0.2, -0.15) is 0 Å².